The average Bonchev–Trinajstić information content (AvgIpc) is 3.58. The zero-order chi connectivity index (χ0) is 24.6. The number of allylic oxidation sites excluding steroid dienone is 1. The Labute approximate surface area is 197 Å². The Balaban J connectivity index is 1.81. The number of para-hydroxylation sites is 1. The van der Waals surface area contributed by atoms with Crippen molar-refractivity contribution in [1.82, 2.24) is 14.9 Å². The monoisotopic (exact) mass is 459 g/mol. The zero-order valence-electron chi connectivity index (χ0n) is 19.5. The average molecular weight is 460 g/mol. The van der Waals surface area contributed by atoms with Gasteiger partial charge in [-0.05, 0) is 50.5 Å². The number of nitrogens with one attached hydrogen (secondary N) is 2. The maximum atomic E-state index is 13.7. The summed E-state index contributed by atoms with van der Waals surface area (Å²) in [7, 11) is 0. The molecule has 1 aliphatic rings. The molecular formula is C26H29N5O3. The number of nitrogens with zero attached hydrogens (tertiary/aromatic N) is 2. The molecule has 0 bridgehead atoms. The van der Waals surface area contributed by atoms with Crippen LogP contribution in [0, 0.1) is 24.2 Å². The molecule has 1 aliphatic carbocycles. The highest BCUT2D eigenvalue weighted by molar-refractivity contribution is 5.99. The number of amidine groups is 1. The number of aliphatic carboxylic acids is 1. The van der Waals surface area contributed by atoms with Crippen LogP contribution >= 0.6 is 0 Å². The van der Waals surface area contributed by atoms with Crippen molar-refractivity contribution in [2.45, 2.75) is 39.7 Å². The Morgan fingerprint density at radius 1 is 1.24 bits per heavy atom. The van der Waals surface area contributed by atoms with E-state index < -0.39 is 17.9 Å². The second-order valence-electron chi connectivity index (χ2n) is 8.78. The van der Waals surface area contributed by atoms with Crippen LogP contribution in [0.25, 0.3) is 16.6 Å². The third-order valence-electron chi connectivity index (χ3n) is 6.36. The van der Waals surface area contributed by atoms with Crippen LogP contribution in [-0.2, 0) is 4.79 Å². The first kappa shape index (κ1) is 23.2. The largest absolute Gasteiger partial charge is 0.481 e. The first-order chi connectivity index (χ1) is 16.2. The molecule has 8 heteroatoms. The summed E-state index contributed by atoms with van der Waals surface area (Å²) in [6.45, 7) is 5.52. The minimum atomic E-state index is -0.881. The lowest BCUT2D eigenvalue weighted by atomic mass is 10.0. The summed E-state index contributed by atoms with van der Waals surface area (Å²) in [4.78, 5) is 30.0. The van der Waals surface area contributed by atoms with Gasteiger partial charge in [0.1, 0.15) is 11.7 Å². The molecule has 8 nitrogen and oxygen atoms in total. The van der Waals surface area contributed by atoms with E-state index in [4.69, 9.17) is 16.1 Å². The Kier molecular flexibility index (Phi) is 6.24. The standard InChI is InChI=1S/C26H29N5O3/c1-4-19(29-23(28)22(15(3)27)17-13-18(17)26(33)34)24-30-20-12-8-9-14(2)21(20)25(32)31(24)16-10-6-5-7-11-16/h5-12,17-19H,4,13,27H2,1-3H3,(H2,28,29)(H,33,34)/b22-15-. The van der Waals surface area contributed by atoms with Gasteiger partial charge in [-0.2, -0.15) is 0 Å². The van der Waals surface area contributed by atoms with E-state index in [9.17, 15) is 14.7 Å². The minimum absolute atomic E-state index is 0.0683. The van der Waals surface area contributed by atoms with Crippen molar-refractivity contribution in [2.75, 3.05) is 0 Å². The van der Waals surface area contributed by atoms with E-state index in [-0.39, 0.29) is 17.3 Å². The Hall–Kier alpha value is -3.94. The minimum Gasteiger partial charge on any atom is -0.481 e. The van der Waals surface area contributed by atoms with E-state index >= 15 is 0 Å². The molecule has 0 radical (unpaired) electrons. The number of carboxylic acids is 1. The molecule has 1 saturated carbocycles. The quantitative estimate of drug-likeness (QED) is 0.315. The summed E-state index contributed by atoms with van der Waals surface area (Å²) in [5.41, 5.74) is 8.95. The molecule has 1 heterocycles. The molecule has 0 amide bonds. The molecular weight excluding hydrogens is 430 g/mol. The van der Waals surface area contributed by atoms with E-state index in [0.717, 1.165) is 5.56 Å². The second kappa shape index (κ2) is 9.13. The van der Waals surface area contributed by atoms with Crippen LogP contribution in [0.2, 0.25) is 0 Å². The summed E-state index contributed by atoms with van der Waals surface area (Å²) >= 11 is 0. The fourth-order valence-corrected chi connectivity index (χ4v) is 4.54. The lowest BCUT2D eigenvalue weighted by Gasteiger charge is -2.24. The lowest BCUT2D eigenvalue weighted by Crippen LogP contribution is -2.36. The highest BCUT2D eigenvalue weighted by Gasteiger charge is 2.47. The predicted octanol–water partition coefficient (Wildman–Crippen LogP) is 3.67. The number of rotatable bonds is 7. The van der Waals surface area contributed by atoms with Crippen LogP contribution in [0.5, 0.6) is 0 Å². The SMILES string of the molecule is CCC(NC(=N)/C(=C(/C)N)C1CC1C(=O)O)c1nc2cccc(C)c2c(=O)n1-c1ccccc1. The molecule has 176 valence electrons. The van der Waals surface area contributed by atoms with Crippen LogP contribution in [-0.4, -0.2) is 26.5 Å². The molecule has 0 aliphatic heterocycles. The number of aryl methyl sites for hydroxylation is 1. The van der Waals surface area contributed by atoms with Gasteiger partial charge in [0.05, 0.1) is 28.6 Å². The number of hydrogen-bond donors (Lipinski definition) is 4. The first-order valence-electron chi connectivity index (χ1n) is 11.4. The van der Waals surface area contributed by atoms with Crippen molar-refractivity contribution >= 4 is 22.7 Å². The summed E-state index contributed by atoms with van der Waals surface area (Å²) in [6, 6.07) is 14.4. The van der Waals surface area contributed by atoms with Crippen molar-refractivity contribution in [3.8, 4) is 5.69 Å². The van der Waals surface area contributed by atoms with Gasteiger partial charge in [-0.1, -0.05) is 37.3 Å². The normalized spacial score (nSPS) is 18.8. The van der Waals surface area contributed by atoms with Crippen LogP contribution < -0.4 is 16.6 Å². The van der Waals surface area contributed by atoms with Crippen molar-refractivity contribution in [3.05, 3.63) is 81.5 Å². The summed E-state index contributed by atoms with van der Waals surface area (Å²) in [6.07, 6.45) is 1.01. The van der Waals surface area contributed by atoms with Crippen molar-refractivity contribution < 1.29 is 9.90 Å². The van der Waals surface area contributed by atoms with Gasteiger partial charge in [-0.15, -0.1) is 0 Å². The number of benzene rings is 2. The van der Waals surface area contributed by atoms with Gasteiger partial charge in [0, 0.05) is 17.2 Å². The van der Waals surface area contributed by atoms with Gasteiger partial charge in [0.2, 0.25) is 0 Å². The number of hydrogen-bond acceptors (Lipinski definition) is 5. The fourth-order valence-electron chi connectivity index (χ4n) is 4.54. The van der Waals surface area contributed by atoms with Crippen molar-refractivity contribution in [3.63, 3.8) is 0 Å². The summed E-state index contributed by atoms with van der Waals surface area (Å²) < 4.78 is 1.60. The van der Waals surface area contributed by atoms with Gasteiger partial charge < -0.3 is 16.2 Å². The first-order valence-corrected chi connectivity index (χ1v) is 11.4. The molecule has 1 fully saturated rings. The van der Waals surface area contributed by atoms with Gasteiger partial charge in [0.15, 0.2) is 0 Å². The van der Waals surface area contributed by atoms with Crippen LogP contribution in [0.1, 0.15) is 44.1 Å². The van der Waals surface area contributed by atoms with Gasteiger partial charge in [0.25, 0.3) is 5.56 Å². The maximum Gasteiger partial charge on any atom is 0.307 e. The molecule has 3 atom stereocenters. The molecule has 2 aromatic carbocycles. The van der Waals surface area contributed by atoms with E-state index in [2.05, 4.69) is 5.32 Å². The zero-order valence-corrected chi connectivity index (χ0v) is 19.5. The fraction of sp³-hybridized carbons (Fsp3) is 0.308. The molecule has 1 aromatic heterocycles. The lowest BCUT2D eigenvalue weighted by molar-refractivity contribution is -0.138. The Morgan fingerprint density at radius 2 is 1.94 bits per heavy atom. The highest BCUT2D eigenvalue weighted by Crippen LogP contribution is 2.45. The van der Waals surface area contributed by atoms with Gasteiger partial charge in [-0.25, -0.2) is 4.98 Å². The van der Waals surface area contributed by atoms with E-state index in [1.54, 1.807) is 11.5 Å². The van der Waals surface area contributed by atoms with Crippen molar-refractivity contribution in [2.24, 2.45) is 17.6 Å². The highest BCUT2D eigenvalue weighted by atomic mass is 16.4. The maximum absolute atomic E-state index is 13.7. The molecule has 34 heavy (non-hydrogen) atoms. The van der Waals surface area contributed by atoms with Crippen LogP contribution in [0.15, 0.2) is 64.6 Å². The molecule has 5 N–H and O–H groups in total. The van der Waals surface area contributed by atoms with Gasteiger partial charge >= 0.3 is 5.97 Å². The molecule has 0 saturated heterocycles. The number of carbonyl (C=O) groups is 1. The van der Waals surface area contributed by atoms with E-state index in [1.807, 2.05) is 62.4 Å². The van der Waals surface area contributed by atoms with Crippen molar-refractivity contribution in [1.29, 1.82) is 5.41 Å². The van der Waals surface area contributed by atoms with E-state index in [1.165, 1.54) is 0 Å². The second-order valence-corrected chi connectivity index (χ2v) is 8.78. The summed E-state index contributed by atoms with van der Waals surface area (Å²) in [5, 5.41) is 21.8. The number of carboxylic acid groups (broad SMARTS) is 1. The van der Waals surface area contributed by atoms with Crippen LogP contribution in [0.4, 0.5) is 0 Å². The molecule has 4 rings (SSSR count). The number of nitrogens with two attached hydrogens (primary N) is 1. The molecule has 3 unspecified atom stereocenters. The smallest absolute Gasteiger partial charge is 0.307 e. The summed E-state index contributed by atoms with van der Waals surface area (Å²) in [5.74, 6) is -1.14. The van der Waals surface area contributed by atoms with E-state index in [0.29, 0.717) is 46.5 Å². The topological polar surface area (TPSA) is 134 Å². The van der Waals surface area contributed by atoms with Gasteiger partial charge in [-0.3, -0.25) is 19.6 Å². The number of fused-ring (bicyclic) bond motifs is 1. The predicted molar refractivity (Wildman–Crippen MR) is 132 cm³/mol. The Morgan fingerprint density at radius 3 is 2.53 bits per heavy atom. The molecule has 3 aromatic rings. The molecule has 0 spiro atoms. The van der Waals surface area contributed by atoms with Crippen LogP contribution in [0.3, 0.4) is 0 Å². The third kappa shape index (κ3) is 4.19. The Bertz CT molecular complexity index is 1360. The number of aromatic nitrogens is 2. The third-order valence-corrected chi connectivity index (χ3v) is 6.36.